The van der Waals surface area contributed by atoms with Gasteiger partial charge < -0.3 is 14.2 Å². The van der Waals surface area contributed by atoms with Gasteiger partial charge in [0.1, 0.15) is 18.2 Å². The number of rotatable bonds is 10. The Morgan fingerprint density at radius 3 is 2.36 bits per heavy atom. The predicted molar refractivity (Wildman–Crippen MR) is 121 cm³/mol. The third-order valence-electron chi connectivity index (χ3n) is 4.75. The van der Waals surface area contributed by atoms with E-state index in [1.165, 1.54) is 7.11 Å². The lowest BCUT2D eigenvalue weighted by Crippen LogP contribution is -2.40. The van der Waals surface area contributed by atoms with Gasteiger partial charge in [0.25, 0.3) is 5.91 Å². The van der Waals surface area contributed by atoms with Crippen molar-refractivity contribution >= 4 is 64.0 Å². The second-order valence-corrected chi connectivity index (χ2v) is 8.60. The van der Waals surface area contributed by atoms with Crippen molar-refractivity contribution in [1.29, 1.82) is 0 Å². The van der Waals surface area contributed by atoms with Gasteiger partial charge in [-0.05, 0) is 32.6 Å². The van der Waals surface area contributed by atoms with Gasteiger partial charge >= 0.3 is 11.9 Å². The van der Waals surface area contributed by atoms with E-state index >= 15 is 0 Å². The summed E-state index contributed by atoms with van der Waals surface area (Å²) in [6.45, 7) is 1.92. The number of hydrogen-bond donors (Lipinski definition) is 0. The van der Waals surface area contributed by atoms with Gasteiger partial charge in [-0.2, -0.15) is 4.39 Å². The van der Waals surface area contributed by atoms with Gasteiger partial charge in [-0.3, -0.25) is 14.4 Å². The summed E-state index contributed by atoms with van der Waals surface area (Å²) in [5.41, 5.74) is -0.342. The standard InChI is InChI=1S/C21H24Cl2FNO7S/c1-3-31-16(27)10-14-17(23)18(19(24)33-14)25(15(26)11-22)20(28)12-6-4-5-7-13(12)21(29)32-9-8-30-2/h3-11H2,1-2H3. The fraction of sp³-hybridized carbons (Fsp3) is 0.524. The minimum Gasteiger partial charge on any atom is -0.466 e. The van der Waals surface area contributed by atoms with Gasteiger partial charge in [0.05, 0.1) is 24.7 Å². The Hall–Kier alpha value is -2.01. The molecule has 182 valence electrons. The van der Waals surface area contributed by atoms with Crippen molar-refractivity contribution in [2.24, 2.45) is 0 Å². The molecule has 1 aliphatic rings. The van der Waals surface area contributed by atoms with E-state index in [0.717, 1.165) is 0 Å². The number of alkyl halides is 1. The Morgan fingerprint density at radius 1 is 1.09 bits per heavy atom. The Bertz CT molecular complexity index is 947. The van der Waals surface area contributed by atoms with Crippen molar-refractivity contribution in [2.45, 2.75) is 39.0 Å². The summed E-state index contributed by atoms with van der Waals surface area (Å²) in [6, 6.07) is 0. The third kappa shape index (κ3) is 6.75. The van der Waals surface area contributed by atoms with Crippen LogP contribution in [0.5, 0.6) is 0 Å². The molecule has 0 aromatic carbocycles. The summed E-state index contributed by atoms with van der Waals surface area (Å²) in [5, 5.41) is -1.20. The van der Waals surface area contributed by atoms with E-state index in [4.69, 9.17) is 37.4 Å². The minimum atomic E-state index is -0.938. The smallest absolute Gasteiger partial charge is 0.334 e. The molecule has 33 heavy (non-hydrogen) atoms. The number of ether oxygens (including phenoxy) is 3. The molecule has 1 aromatic heterocycles. The number of carbonyl (C=O) groups excluding carboxylic acids is 4. The van der Waals surface area contributed by atoms with Crippen LogP contribution in [0.2, 0.25) is 5.02 Å². The molecule has 8 nitrogen and oxygen atoms in total. The number of imide groups is 1. The van der Waals surface area contributed by atoms with Crippen LogP contribution in [0.25, 0.3) is 0 Å². The highest BCUT2D eigenvalue weighted by Crippen LogP contribution is 2.41. The van der Waals surface area contributed by atoms with E-state index in [-0.39, 0.29) is 60.1 Å². The summed E-state index contributed by atoms with van der Waals surface area (Å²) in [5.74, 6) is -3.79. The maximum Gasteiger partial charge on any atom is 0.334 e. The van der Waals surface area contributed by atoms with Crippen LogP contribution in [0.3, 0.4) is 0 Å². The number of thiophene rings is 1. The molecule has 1 heterocycles. The first kappa shape index (κ1) is 27.2. The first-order valence-corrected chi connectivity index (χ1v) is 11.9. The van der Waals surface area contributed by atoms with Gasteiger partial charge in [-0.25, -0.2) is 9.69 Å². The van der Waals surface area contributed by atoms with Crippen molar-refractivity contribution in [2.75, 3.05) is 37.7 Å². The van der Waals surface area contributed by atoms with Crippen LogP contribution in [-0.4, -0.2) is 56.6 Å². The van der Waals surface area contributed by atoms with Gasteiger partial charge in [0, 0.05) is 23.1 Å². The van der Waals surface area contributed by atoms with Gasteiger partial charge in [0.15, 0.2) is 0 Å². The molecule has 0 atom stereocenters. The monoisotopic (exact) mass is 523 g/mol. The zero-order chi connectivity index (χ0) is 24.5. The van der Waals surface area contributed by atoms with Crippen molar-refractivity contribution in [1.82, 2.24) is 0 Å². The maximum atomic E-state index is 14.9. The second kappa shape index (κ2) is 13.0. The highest BCUT2D eigenvalue weighted by atomic mass is 35.5. The number of nitrogens with zero attached hydrogens (tertiary/aromatic N) is 1. The molecule has 2 rings (SSSR count). The lowest BCUT2D eigenvalue weighted by Gasteiger charge is -2.25. The fourth-order valence-corrected chi connectivity index (χ4v) is 4.68. The van der Waals surface area contributed by atoms with Gasteiger partial charge in [-0.15, -0.1) is 22.9 Å². The normalized spacial score (nSPS) is 13.6. The summed E-state index contributed by atoms with van der Waals surface area (Å²) >= 11 is 12.5. The van der Waals surface area contributed by atoms with Gasteiger partial charge in [-0.1, -0.05) is 11.6 Å². The predicted octanol–water partition coefficient (Wildman–Crippen LogP) is 3.80. The summed E-state index contributed by atoms with van der Waals surface area (Å²) in [6.07, 6.45) is 1.37. The first-order chi connectivity index (χ1) is 15.8. The molecular formula is C21H24Cl2FNO7S. The third-order valence-corrected chi connectivity index (χ3v) is 6.46. The first-order valence-electron chi connectivity index (χ1n) is 10.2. The zero-order valence-electron chi connectivity index (χ0n) is 18.2. The summed E-state index contributed by atoms with van der Waals surface area (Å²) < 4.78 is 29.8. The number of carbonyl (C=O) groups is 4. The van der Waals surface area contributed by atoms with E-state index in [1.54, 1.807) is 6.92 Å². The van der Waals surface area contributed by atoms with Crippen LogP contribution in [-0.2, 0) is 39.8 Å². The molecule has 1 aliphatic carbocycles. The Labute approximate surface area is 204 Å². The fourth-order valence-electron chi connectivity index (χ4n) is 3.27. The molecular weight excluding hydrogens is 500 g/mol. The SMILES string of the molecule is CCOC(=O)Cc1sc(F)c(N(C(=O)CCl)C(=O)C2=C(C(=O)OCCOC)CCCC2)c1Cl. The van der Waals surface area contributed by atoms with E-state index in [2.05, 4.69) is 0 Å². The molecule has 0 radical (unpaired) electrons. The molecule has 0 unspecified atom stereocenters. The second-order valence-electron chi connectivity index (χ2n) is 6.90. The van der Waals surface area contributed by atoms with E-state index in [0.29, 0.717) is 29.1 Å². The number of esters is 2. The largest absolute Gasteiger partial charge is 0.466 e. The van der Waals surface area contributed by atoms with E-state index in [1.807, 2.05) is 0 Å². The summed E-state index contributed by atoms with van der Waals surface area (Å²) in [7, 11) is 1.45. The highest BCUT2D eigenvalue weighted by Gasteiger charge is 2.36. The number of anilines is 1. The molecule has 0 saturated carbocycles. The molecule has 0 aliphatic heterocycles. The molecule has 1 aromatic rings. The number of halogens is 3. The van der Waals surface area contributed by atoms with Crippen molar-refractivity contribution in [3.63, 3.8) is 0 Å². The molecule has 0 spiro atoms. The lowest BCUT2D eigenvalue weighted by atomic mass is 9.90. The molecule has 12 heteroatoms. The molecule has 0 bridgehead atoms. The molecule has 0 N–H and O–H groups in total. The van der Waals surface area contributed by atoms with Crippen LogP contribution in [0.15, 0.2) is 11.1 Å². The Balaban J connectivity index is 2.47. The Morgan fingerprint density at radius 2 is 1.76 bits per heavy atom. The Kier molecular flexibility index (Phi) is 10.7. The van der Waals surface area contributed by atoms with Crippen LogP contribution in [0.4, 0.5) is 10.1 Å². The minimum absolute atomic E-state index is 0.00711. The topological polar surface area (TPSA) is 99.2 Å². The molecule has 0 saturated heterocycles. The van der Waals surface area contributed by atoms with Crippen LogP contribution in [0.1, 0.15) is 37.5 Å². The lowest BCUT2D eigenvalue weighted by molar-refractivity contribution is -0.142. The zero-order valence-corrected chi connectivity index (χ0v) is 20.5. The number of methoxy groups -OCH3 is 1. The number of amides is 2. The van der Waals surface area contributed by atoms with E-state index in [9.17, 15) is 23.6 Å². The van der Waals surface area contributed by atoms with Crippen molar-refractivity contribution in [3.05, 3.63) is 26.2 Å². The van der Waals surface area contributed by atoms with Crippen LogP contribution in [0, 0.1) is 5.13 Å². The highest BCUT2D eigenvalue weighted by molar-refractivity contribution is 7.11. The van der Waals surface area contributed by atoms with E-state index < -0.39 is 40.5 Å². The molecule has 2 amide bonds. The van der Waals surface area contributed by atoms with Crippen LogP contribution >= 0.6 is 34.5 Å². The van der Waals surface area contributed by atoms with Crippen LogP contribution < -0.4 is 4.90 Å². The van der Waals surface area contributed by atoms with Crippen molar-refractivity contribution in [3.8, 4) is 0 Å². The van der Waals surface area contributed by atoms with Gasteiger partial charge in [0.2, 0.25) is 11.0 Å². The van der Waals surface area contributed by atoms with Crippen molar-refractivity contribution < 1.29 is 37.8 Å². The quantitative estimate of drug-likeness (QED) is 0.261. The molecule has 0 fully saturated rings. The average Bonchev–Trinajstić information content (AvgIpc) is 3.06. The average molecular weight is 524 g/mol. The summed E-state index contributed by atoms with van der Waals surface area (Å²) in [4.78, 5) is 51.1. The maximum absolute atomic E-state index is 14.9. The number of hydrogen-bond acceptors (Lipinski definition) is 8.